The zero-order valence-electron chi connectivity index (χ0n) is 35.0. The summed E-state index contributed by atoms with van der Waals surface area (Å²) < 4.78 is 11.7. The van der Waals surface area contributed by atoms with Gasteiger partial charge in [-0.15, -0.1) is 57.9 Å². The fourth-order valence-corrected chi connectivity index (χ4v) is 8.08. The Morgan fingerprint density at radius 2 is 0.900 bits per heavy atom. The predicted molar refractivity (Wildman–Crippen MR) is 258 cm³/mol. The first kappa shape index (κ1) is 42.0. The van der Waals surface area contributed by atoms with Crippen molar-refractivity contribution in [2.75, 3.05) is 0 Å². The molecule has 60 heavy (non-hydrogen) atoms. The van der Waals surface area contributed by atoms with Crippen LogP contribution in [0.2, 0.25) is 13.1 Å². The van der Waals surface area contributed by atoms with Crippen molar-refractivity contribution in [2.45, 2.75) is 53.6 Å². The van der Waals surface area contributed by atoms with Crippen molar-refractivity contribution in [1.82, 2.24) is 0 Å². The molecule has 0 aliphatic carbocycles. The van der Waals surface area contributed by atoms with Gasteiger partial charge in [0.25, 0.3) is 0 Å². The van der Waals surface area contributed by atoms with Gasteiger partial charge in [0, 0.05) is 0 Å². The van der Waals surface area contributed by atoms with Crippen molar-refractivity contribution < 1.29 is 26.8 Å². The predicted octanol–water partition coefficient (Wildman–Crippen LogP) is 17.2. The summed E-state index contributed by atoms with van der Waals surface area (Å²) in [4.78, 5) is 0. The van der Waals surface area contributed by atoms with E-state index in [4.69, 9.17) is 25.9 Å². The van der Waals surface area contributed by atoms with Crippen LogP contribution < -0.4 is 0 Å². The zero-order valence-corrected chi connectivity index (χ0v) is 40.0. The Bertz CT molecular complexity index is 2940. The third-order valence-corrected chi connectivity index (χ3v) is 31.0. The van der Waals surface area contributed by atoms with E-state index in [-0.39, 0.29) is 5.43 Å². The first-order valence-electron chi connectivity index (χ1n) is 20.6. The van der Waals surface area contributed by atoms with Gasteiger partial charge in [0.15, 0.2) is 0 Å². The van der Waals surface area contributed by atoms with E-state index < -0.39 is 18.0 Å². The average molecular weight is 919 g/mol. The number of furan rings is 2. The normalized spacial score (nSPS) is 11.1. The van der Waals surface area contributed by atoms with Crippen molar-refractivity contribution in [1.29, 1.82) is 0 Å². The van der Waals surface area contributed by atoms with Crippen molar-refractivity contribution in [2.24, 2.45) is 0 Å². The SMILES string of the molecule is CCc1ccc2[cH-]c(-c3ccc(C)o3)cc2c1-c1ccc2ccccc2c1.CCc1ccc2[cH-]c(-c3ccc(C)o3)cc2c1-c1ccc2ccccc2c1.C[Si](C)=[Zr]([Cl])[Cl]. The van der Waals surface area contributed by atoms with Gasteiger partial charge in [0.2, 0.25) is 0 Å². The number of halogens is 2. The molecule has 0 spiro atoms. The fraction of sp³-hybridized carbons (Fsp3) is 0.148. The summed E-state index contributed by atoms with van der Waals surface area (Å²) in [5.41, 5.74) is 10.1. The van der Waals surface area contributed by atoms with E-state index in [9.17, 15) is 0 Å². The summed E-state index contributed by atoms with van der Waals surface area (Å²) in [6, 6.07) is 56.9. The molecule has 300 valence electrons. The molecule has 0 N–H and O–H groups in total. The van der Waals surface area contributed by atoms with Gasteiger partial charge in [-0.1, -0.05) is 121 Å². The van der Waals surface area contributed by atoms with E-state index in [0.717, 1.165) is 47.0 Å². The molecule has 0 bridgehead atoms. The maximum absolute atomic E-state index is 5.86. The molecule has 0 saturated heterocycles. The third kappa shape index (κ3) is 9.00. The molecular formula is C54H48Cl2O2SiZr-2. The Morgan fingerprint density at radius 1 is 0.500 bits per heavy atom. The first-order valence-corrected chi connectivity index (χ1v) is 33.2. The Balaban J connectivity index is 0.000000147. The third-order valence-electron chi connectivity index (χ3n) is 11.2. The Morgan fingerprint density at radius 3 is 1.25 bits per heavy atom. The molecular weight excluding hydrogens is 871 g/mol. The Hall–Kier alpha value is -4.70. The standard InChI is InChI=1S/2C26H21O.C2H6Si.2ClH.Zr/c2*1-3-18-9-11-21-15-23(25-13-8-17(2)27-25)16-24(21)26(18)22-12-10-19-6-4-5-7-20(19)14-22;1-3-2;;;/h2*4-16H,3H2,1-2H3;1-2H3;2*1H;/q2*-1;;;;+2/p-2. The monoisotopic (exact) mass is 916 g/mol. The van der Waals surface area contributed by atoms with Crippen LogP contribution in [0.1, 0.15) is 36.5 Å². The number of hydrogen-bond acceptors (Lipinski definition) is 2. The minimum atomic E-state index is -1.65. The Labute approximate surface area is 368 Å². The second-order valence-corrected chi connectivity index (χ2v) is 38.6. The van der Waals surface area contributed by atoms with Crippen LogP contribution >= 0.6 is 17.0 Å². The molecule has 0 aliphatic rings. The van der Waals surface area contributed by atoms with Crippen LogP contribution in [0.3, 0.4) is 0 Å². The van der Waals surface area contributed by atoms with Gasteiger partial charge in [0.05, 0.1) is 23.0 Å². The molecule has 0 radical (unpaired) electrons. The van der Waals surface area contributed by atoms with Gasteiger partial charge < -0.3 is 8.83 Å². The summed E-state index contributed by atoms with van der Waals surface area (Å²) in [5.74, 6) is 3.76. The molecule has 0 amide bonds. The summed E-state index contributed by atoms with van der Waals surface area (Å²) in [5, 5.41) is 10.2. The van der Waals surface area contributed by atoms with Crippen molar-refractivity contribution >= 4 is 65.5 Å². The van der Waals surface area contributed by atoms with Crippen LogP contribution in [0.4, 0.5) is 0 Å². The molecule has 10 rings (SSSR count). The van der Waals surface area contributed by atoms with E-state index in [1.807, 2.05) is 26.0 Å². The minimum absolute atomic E-state index is 0.224. The van der Waals surface area contributed by atoms with Crippen LogP contribution in [0.25, 0.3) is 88.0 Å². The van der Waals surface area contributed by atoms with Gasteiger partial charge in [-0.25, -0.2) is 0 Å². The van der Waals surface area contributed by atoms with Gasteiger partial charge in [-0.3, -0.25) is 0 Å². The van der Waals surface area contributed by atoms with Crippen LogP contribution in [0, 0.1) is 13.8 Å². The summed E-state index contributed by atoms with van der Waals surface area (Å²) in [7, 11) is 11.2. The second-order valence-electron chi connectivity index (χ2n) is 15.6. The molecule has 10 aromatic rings. The summed E-state index contributed by atoms with van der Waals surface area (Å²) >= 11 is -1.65. The Kier molecular flexibility index (Phi) is 13.0. The second kappa shape index (κ2) is 18.5. The number of benzene rings is 6. The summed E-state index contributed by atoms with van der Waals surface area (Å²) in [6.07, 6.45) is 2.02. The molecule has 2 aromatic heterocycles. The van der Waals surface area contributed by atoms with Crippen LogP contribution in [-0.4, -0.2) is 5.43 Å². The van der Waals surface area contributed by atoms with Gasteiger partial charge in [0.1, 0.15) is 0 Å². The number of fused-ring (bicyclic) bond motifs is 4. The fourth-order valence-electron chi connectivity index (χ4n) is 8.08. The molecule has 0 aliphatic heterocycles. The van der Waals surface area contributed by atoms with Gasteiger partial charge >= 0.3 is 53.5 Å². The molecule has 6 heteroatoms. The van der Waals surface area contributed by atoms with E-state index in [0.29, 0.717) is 0 Å². The zero-order chi connectivity index (χ0) is 41.9. The molecule has 0 atom stereocenters. The van der Waals surface area contributed by atoms with Crippen molar-refractivity contribution in [3.05, 3.63) is 180 Å². The maximum atomic E-state index is 5.86. The number of rotatable bonds is 6. The average Bonchev–Trinajstić information content (AvgIpc) is 4.09. The van der Waals surface area contributed by atoms with E-state index in [1.54, 1.807) is 0 Å². The molecule has 2 heterocycles. The molecule has 8 aromatic carbocycles. The van der Waals surface area contributed by atoms with Crippen LogP contribution in [-0.2, 0) is 30.8 Å². The molecule has 2 nitrogen and oxygen atoms in total. The molecule has 0 unspecified atom stereocenters. The number of hydrogen-bond donors (Lipinski definition) is 0. The van der Waals surface area contributed by atoms with Crippen LogP contribution in [0.5, 0.6) is 0 Å². The summed E-state index contributed by atoms with van der Waals surface area (Å²) in [6.45, 7) is 12.8. The van der Waals surface area contributed by atoms with Crippen molar-refractivity contribution in [3.63, 3.8) is 0 Å². The van der Waals surface area contributed by atoms with E-state index in [1.165, 1.54) is 76.5 Å². The quantitative estimate of drug-likeness (QED) is 0.123. The van der Waals surface area contributed by atoms with Crippen molar-refractivity contribution in [3.8, 4) is 44.9 Å². The van der Waals surface area contributed by atoms with E-state index >= 15 is 0 Å². The van der Waals surface area contributed by atoms with Gasteiger partial charge in [-0.2, -0.15) is 0 Å². The number of aryl methyl sites for hydroxylation is 4. The topological polar surface area (TPSA) is 26.3 Å². The van der Waals surface area contributed by atoms with E-state index in [2.05, 4.69) is 173 Å². The molecule has 0 saturated carbocycles. The first-order chi connectivity index (χ1) is 29.1. The van der Waals surface area contributed by atoms with Crippen LogP contribution in [0.15, 0.2) is 167 Å². The molecule has 0 fully saturated rings. The van der Waals surface area contributed by atoms with Gasteiger partial charge in [-0.05, 0) is 107 Å².